The van der Waals surface area contributed by atoms with Crippen LogP contribution in [-0.4, -0.2) is 10.5 Å². The van der Waals surface area contributed by atoms with Crippen molar-refractivity contribution in [2.24, 2.45) is 0 Å². The van der Waals surface area contributed by atoms with E-state index in [1.54, 1.807) is 6.92 Å². The largest absolute Gasteiger partial charge is 0.300 e. The number of carbonyl (C=O) groups is 1. The van der Waals surface area contributed by atoms with Crippen LogP contribution in [0.25, 0.3) is 0 Å². The molecule has 0 radical (unpaired) electrons. The van der Waals surface area contributed by atoms with E-state index in [0.29, 0.717) is 6.42 Å². The lowest BCUT2D eigenvalue weighted by Gasteiger charge is -2.13. The number of ketones is 1. The summed E-state index contributed by atoms with van der Waals surface area (Å²) in [6.45, 7) is 5.44. The third-order valence-corrected chi connectivity index (χ3v) is 0.840. The first-order valence-electron chi connectivity index (χ1n) is 2.63. The van der Waals surface area contributed by atoms with E-state index < -0.39 is 0 Å². The zero-order valence-electron chi connectivity index (χ0n) is 5.56. The van der Waals surface area contributed by atoms with Gasteiger partial charge in [-0.3, -0.25) is 4.79 Å². The molecule has 8 heavy (non-hydrogen) atoms. The van der Waals surface area contributed by atoms with Crippen molar-refractivity contribution < 1.29 is 4.79 Å². The van der Waals surface area contributed by atoms with E-state index in [0.717, 1.165) is 0 Å². The number of rotatable bonds is 2. The highest BCUT2D eigenvalue weighted by Crippen LogP contribution is 2.16. The second kappa shape index (κ2) is 2.53. The lowest BCUT2D eigenvalue weighted by molar-refractivity contribution is -0.117. The molecule has 0 unspecified atom stereocenters. The molecule has 0 atom stereocenters. The Morgan fingerprint density at radius 2 is 2.00 bits per heavy atom. The Morgan fingerprint density at radius 3 is 2.00 bits per heavy atom. The van der Waals surface area contributed by atoms with Gasteiger partial charge >= 0.3 is 0 Å². The fraction of sp³-hybridized carbons (Fsp3) is 0.833. The number of thiol groups is 1. The molecule has 0 amide bonds. The van der Waals surface area contributed by atoms with E-state index >= 15 is 0 Å². The van der Waals surface area contributed by atoms with E-state index in [1.807, 2.05) is 13.8 Å². The van der Waals surface area contributed by atoms with Crippen LogP contribution >= 0.6 is 12.6 Å². The van der Waals surface area contributed by atoms with Gasteiger partial charge in [0.1, 0.15) is 5.78 Å². The van der Waals surface area contributed by atoms with Crippen LogP contribution in [-0.2, 0) is 4.79 Å². The van der Waals surface area contributed by atoms with Gasteiger partial charge in [0.25, 0.3) is 0 Å². The Kier molecular flexibility index (Phi) is 2.54. The summed E-state index contributed by atoms with van der Waals surface area (Å²) in [4.78, 5) is 10.4. The quantitative estimate of drug-likeness (QED) is 0.566. The fourth-order valence-electron chi connectivity index (χ4n) is 0.609. The minimum Gasteiger partial charge on any atom is -0.300 e. The molecule has 0 bridgehead atoms. The van der Waals surface area contributed by atoms with Crippen molar-refractivity contribution in [3.8, 4) is 0 Å². The van der Waals surface area contributed by atoms with Crippen LogP contribution in [0.5, 0.6) is 0 Å². The average molecular weight is 132 g/mol. The van der Waals surface area contributed by atoms with Crippen LogP contribution in [0.2, 0.25) is 0 Å². The SMILES string of the molecule is CC(=O)CC(C)(C)S. The molecular formula is C6H12OS. The third-order valence-electron chi connectivity index (χ3n) is 0.682. The molecule has 0 aromatic heterocycles. The molecule has 0 aliphatic heterocycles. The van der Waals surface area contributed by atoms with Gasteiger partial charge < -0.3 is 0 Å². The number of hydrogen-bond acceptors (Lipinski definition) is 2. The average Bonchev–Trinajstić information content (AvgIpc) is 1.21. The summed E-state index contributed by atoms with van der Waals surface area (Å²) in [7, 11) is 0. The summed E-state index contributed by atoms with van der Waals surface area (Å²) in [6.07, 6.45) is 0.552. The first-order valence-corrected chi connectivity index (χ1v) is 3.08. The van der Waals surface area contributed by atoms with Gasteiger partial charge in [-0.25, -0.2) is 0 Å². The van der Waals surface area contributed by atoms with Crippen molar-refractivity contribution in [1.82, 2.24) is 0 Å². The van der Waals surface area contributed by atoms with Crippen LogP contribution in [0.4, 0.5) is 0 Å². The summed E-state index contributed by atoms with van der Waals surface area (Å²) in [5, 5.41) is 0. The van der Waals surface area contributed by atoms with Gasteiger partial charge in [0.05, 0.1) is 0 Å². The van der Waals surface area contributed by atoms with E-state index in [9.17, 15) is 4.79 Å². The first-order chi connectivity index (χ1) is 3.42. The second-order valence-corrected chi connectivity index (χ2v) is 3.90. The Labute approximate surface area is 55.9 Å². The molecule has 0 spiro atoms. The second-order valence-electron chi connectivity index (χ2n) is 2.69. The van der Waals surface area contributed by atoms with Crippen molar-refractivity contribution in [2.45, 2.75) is 31.9 Å². The molecule has 1 nitrogen and oxygen atoms in total. The van der Waals surface area contributed by atoms with Crippen LogP contribution in [0.15, 0.2) is 0 Å². The molecule has 0 aromatic carbocycles. The highest BCUT2D eigenvalue weighted by Gasteiger charge is 2.12. The molecular weight excluding hydrogens is 120 g/mol. The molecule has 0 saturated carbocycles. The summed E-state index contributed by atoms with van der Waals surface area (Å²) in [5.41, 5.74) is 0. The fourth-order valence-corrected chi connectivity index (χ4v) is 0.832. The maximum absolute atomic E-state index is 10.4. The first kappa shape index (κ1) is 8.02. The minimum absolute atomic E-state index is 0.133. The Hall–Kier alpha value is 0.0200. The minimum atomic E-state index is -0.133. The topological polar surface area (TPSA) is 17.1 Å². The van der Waals surface area contributed by atoms with Crippen molar-refractivity contribution in [3.63, 3.8) is 0 Å². The van der Waals surface area contributed by atoms with Gasteiger partial charge in [0.2, 0.25) is 0 Å². The van der Waals surface area contributed by atoms with Crippen molar-refractivity contribution >= 4 is 18.4 Å². The molecule has 0 aliphatic carbocycles. The van der Waals surface area contributed by atoms with Gasteiger partial charge in [0.15, 0.2) is 0 Å². The molecule has 0 N–H and O–H groups in total. The third kappa shape index (κ3) is 6.02. The molecule has 0 saturated heterocycles. The smallest absolute Gasteiger partial charge is 0.131 e. The van der Waals surface area contributed by atoms with E-state index in [4.69, 9.17) is 0 Å². The number of Topliss-reactive ketones (excluding diaryl/α,β-unsaturated/α-hetero) is 1. The maximum atomic E-state index is 10.4. The number of carbonyl (C=O) groups excluding carboxylic acids is 1. The van der Waals surface area contributed by atoms with E-state index in [1.165, 1.54) is 0 Å². The standard InChI is InChI=1S/C6H12OS/c1-5(7)4-6(2,3)8/h8H,4H2,1-3H3. The normalized spacial score (nSPS) is 11.5. The van der Waals surface area contributed by atoms with Gasteiger partial charge in [-0.15, -0.1) is 0 Å². The molecule has 0 fully saturated rings. The molecule has 48 valence electrons. The van der Waals surface area contributed by atoms with E-state index in [2.05, 4.69) is 12.6 Å². The monoisotopic (exact) mass is 132 g/mol. The summed E-state index contributed by atoms with van der Waals surface area (Å²) >= 11 is 4.17. The zero-order valence-corrected chi connectivity index (χ0v) is 6.46. The van der Waals surface area contributed by atoms with Gasteiger partial charge in [-0.1, -0.05) is 13.8 Å². The molecule has 0 aliphatic rings. The zero-order chi connectivity index (χ0) is 6.78. The number of hydrogen-bond donors (Lipinski definition) is 1. The van der Waals surface area contributed by atoms with Crippen molar-refractivity contribution in [3.05, 3.63) is 0 Å². The lowest BCUT2D eigenvalue weighted by Crippen LogP contribution is -2.14. The summed E-state index contributed by atoms with van der Waals surface area (Å²) in [6, 6.07) is 0. The van der Waals surface area contributed by atoms with Crippen LogP contribution in [0, 0.1) is 0 Å². The van der Waals surface area contributed by atoms with Gasteiger partial charge in [0, 0.05) is 11.2 Å². The highest BCUT2D eigenvalue weighted by molar-refractivity contribution is 7.81. The van der Waals surface area contributed by atoms with Crippen molar-refractivity contribution in [2.75, 3.05) is 0 Å². The predicted molar refractivity (Wildman–Crippen MR) is 38.4 cm³/mol. The molecule has 0 heterocycles. The van der Waals surface area contributed by atoms with Gasteiger partial charge in [-0.05, 0) is 6.92 Å². The van der Waals surface area contributed by atoms with Crippen molar-refractivity contribution in [1.29, 1.82) is 0 Å². The highest BCUT2D eigenvalue weighted by atomic mass is 32.1. The van der Waals surface area contributed by atoms with Crippen LogP contribution in [0.1, 0.15) is 27.2 Å². The van der Waals surface area contributed by atoms with E-state index in [-0.39, 0.29) is 10.5 Å². The molecule has 2 heteroatoms. The Morgan fingerprint density at radius 1 is 1.62 bits per heavy atom. The Bertz CT molecular complexity index is 91.2. The predicted octanol–water partition coefficient (Wildman–Crippen LogP) is 1.67. The summed E-state index contributed by atoms with van der Waals surface area (Å²) < 4.78 is -0.133. The maximum Gasteiger partial charge on any atom is 0.131 e. The Balaban J connectivity index is 3.55. The molecule has 0 aromatic rings. The summed E-state index contributed by atoms with van der Waals surface area (Å²) in [5.74, 6) is 0.199. The molecule has 0 rings (SSSR count). The lowest BCUT2D eigenvalue weighted by atomic mass is 10.1. The van der Waals surface area contributed by atoms with Crippen LogP contribution < -0.4 is 0 Å². The van der Waals surface area contributed by atoms with Gasteiger partial charge in [-0.2, -0.15) is 12.6 Å². The van der Waals surface area contributed by atoms with Crippen LogP contribution in [0.3, 0.4) is 0 Å².